The van der Waals surface area contributed by atoms with Gasteiger partial charge < -0.3 is 5.11 Å². The Balaban J connectivity index is 1.99. The molecule has 1 aliphatic carbocycles. The minimum Gasteiger partial charge on any atom is -0.481 e. The molecule has 0 aromatic heterocycles. The van der Waals surface area contributed by atoms with Crippen LogP contribution in [0.5, 0.6) is 0 Å². The summed E-state index contributed by atoms with van der Waals surface area (Å²) < 4.78 is 0. The highest BCUT2D eigenvalue weighted by Gasteiger charge is 2.40. The first-order chi connectivity index (χ1) is 8.18. The summed E-state index contributed by atoms with van der Waals surface area (Å²) in [5, 5.41) is 18.4. The van der Waals surface area contributed by atoms with Crippen molar-refractivity contribution < 1.29 is 9.90 Å². The summed E-state index contributed by atoms with van der Waals surface area (Å²) in [5.74, 6) is -0.884. The van der Waals surface area contributed by atoms with Gasteiger partial charge in [-0.3, -0.25) is 9.69 Å². The van der Waals surface area contributed by atoms with Gasteiger partial charge in [0.05, 0.1) is 12.0 Å². The van der Waals surface area contributed by atoms with E-state index < -0.39 is 5.97 Å². The van der Waals surface area contributed by atoms with Crippen molar-refractivity contribution in [2.24, 2.45) is 5.92 Å². The summed E-state index contributed by atoms with van der Waals surface area (Å²) >= 11 is 0. The van der Waals surface area contributed by atoms with E-state index in [-0.39, 0.29) is 11.5 Å². The van der Waals surface area contributed by atoms with Crippen molar-refractivity contribution in [3.8, 4) is 6.07 Å². The molecule has 0 aromatic carbocycles. The third-order valence-electron chi connectivity index (χ3n) is 4.34. The van der Waals surface area contributed by atoms with E-state index in [1.807, 2.05) is 0 Å². The molecule has 0 unspecified atom stereocenters. The van der Waals surface area contributed by atoms with Gasteiger partial charge in [0.1, 0.15) is 5.54 Å². The van der Waals surface area contributed by atoms with Crippen LogP contribution >= 0.6 is 0 Å². The molecule has 4 nitrogen and oxygen atoms in total. The van der Waals surface area contributed by atoms with Crippen molar-refractivity contribution in [3.05, 3.63) is 0 Å². The highest BCUT2D eigenvalue weighted by Crippen LogP contribution is 2.35. The van der Waals surface area contributed by atoms with Crippen LogP contribution in [0.25, 0.3) is 0 Å². The van der Waals surface area contributed by atoms with E-state index in [0.717, 1.165) is 38.8 Å². The van der Waals surface area contributed by atoms with Gasteiger partial charge in [0, 0.05) is 13.1 Å². The Morgan fingerprint density at radius 3 is 2.29 bits per heavy atom. The number of piperidine rings is 1. The van der Waals surface area contributed by atoms with Crippen LogP contribution < -0.4 is 0 Å². The molecule has 1 saturated carbocycles. The number of nitriles is 1. The average Bonchev–Trinajstić information content (AvgIpc) is 2.39. The van der Waals surface area contributed by atoms with E-state index >= 15 is 0 Å². The van der Waals surface area contributed by atoms with Crippen LogP contribution in [-0.4, -0.2) is 34.6 Å². The number of likely N-dealkylation sites (tertiary alicyclic amines) is 1. The Morgan fingerprint density at radius 2 is 1.82 bits per heavy atom. The Kier molecular flexibility index (Phi) is 3.68. The lowest BCUT2D eigenvalue weighted by atomic mass is 9.79. The van der Waals surface area contributed by atoms with E-state index in [1.54, 1.807) is 0 Å². The second kappa shape index (κ2) is 5.05. The summed E-state index contributed by atoms with van der Waals surface area (Å²) in [7, 11) is 0. The number of hydrogen-bond acceptors (Lipinski definition) is 3. The predicted molar refractivity (Wildman–Crippen MR) is 63.4 cm³/mol. The molecule has 0 atom stereocenters. The van der Waals surface area contributed by atoms with E-state index in [4.69, 9.17) is 5.11 Å². The van der Waals surface area contributed by atoms with Crippen molar-refractivity contribution in [3.63, 3.8) is 0 Å². The van der Waals surface area contributed by atoms with Crippen LogP contribution in [0.15, 0.2) is 0 Å². The number of carbonyl (C=O) groups is 1. The first-order valence-electron chi connectivity index (χ1n) is 6.57. The molecule has 1 N–H and O–H groups in total. The zero-order chi connectivity index (χ0) is 12.3. The predicted octanol–water partition coefficient (Wildman–Crippen LogP) is 2.01. The summed E-state index contributed by atoms with van der Waals surface area (Å²) in [6, 6.07) is 2.51. The van der Waals surface area contributed by atoms with Gasteiger partial charge in [0.2, 0.25) is 0 Å². The molecule has 0 radical (unpaired) electrons. The van der Waals surface area contributed by atoms with Gasteiger partial charge in [-0.25, -0.2) is 0 Å². The summed E-state index contributed by atoms with van der Waals surface area (Å²) in [6.07, 6.45) is 6.80. The lowest BCUT2D eigenvalue weighted by Gasteiger charge is -2.44. The van der Waals surface area contributed by atoms with Gasteiger partial charge >= 0.3 is 5.97 Å². The normalized spacial score (nSPS) is 26.3. The Hall–Kier alpha value is -1.08. The Labute approximate surface area is 102 Å². The quantitative estimate of drug-likeness (QED) is 0.796. The molecule has 1 aliphatic heterocycles. The van der Waals surface area contributed by atoms with Crippen LogP contribution in [0.4, 0.5) is 0 Å². The molecule has 0 amide bonds. The molecule has 2 rings (SSSR count). The first kappa shape index (κ1) is 12.4. The van der Waals surface area contributed by atoms with Crippen LogP contribution in [0.3, 0.4) is 0 Å². The molecular weight excluding hydrogens is 216 g/mol. The zero-order valence-electron chi connectivity index (χ0n) is 10.2. The average molecular weight is 236 g/mol. The van der Waals surface area contributed by atoms with Gasteiger partial charge in [-0.2, -0.15) is 5.26 Å². The Bertz CT molecular complexity index is 321. The van der Waals surface area contributed by atoms with E-state index in [2.05, 4.69) is 11.0 Å². The minimum absolute atomic E-state index is 0.203. The van der Waals surface area contributed by atoms with Gasteiger partial charge in [-0.05, 0) is 25.7 Å². The monoisotopic (exact) mass is 236 g/mol. The fourth-order valence-corrected chi connectivity index (χ4v) is 3.19. The zero-order valence-corrected chi connectivity index (χ0v) is 10.2. The lowest BCUT2D eigenvalue weighted by molar-refractivity contribution is -0.143. The molecule has 94 valence electrons. The maximum Gasteiger partial charge on any atom is 0.306 e. The van der Waals surface area contributed by atoms with E-state index in [9.17, 15) is 10.1 Å². The van der Waals surface area contributed by atoms with Gasteiger partial charge in [0.25, 0.3) is 0 Å². The van der Waals surface area contributed by atoms with Crippen molar-refractivity contribution in [1.82, 2.24) is 4.90 Å². The van der Waals surface area contributed by atoms with Crippen LogP contribution in [-0.2, 0) is 4.79 Å². The summed E-state index contributed by atoms with van der Waals surface area (Å²) in [5.41, 5.74) is -0.290. The van der Waals surface area contributed by atoms with Gasteiger partial charge in [-0.15, -0.1) is 0 Å². The molecule has 2 fully saturated rings. The SMILES string of the molecule is N#CC1(N2CCC(C(=O)O)CC2)CCCCC1. The smallest absolute Gasteiger partial charge is 0.306 e. The lowest BCUT2D eigenvalue weighted by Crippen LogP contribution is -2.52. The number of rotatable bonds is 2. The number of nitrogens with zero attached hydrogens (tertiary/aromatic N) is 2. The van der Waals surface area contributed by atoms with Crippen molar-refractivity contribution in [2.45, 2.75) is 50.5 Å². The second-order valence-electron chi connectivity index (χ2n) is 5.30. The highest BCUT2D eigenvalue weighted by atomic mass is 16.4. The van der Waals surface area contributed by atoms with Crippen LogP contribution in [0.1, 0.15) is 44.9 Å². The topological polar surface area (TPSA) is 64.3 Å². The number of hydrogen-bond donors (Lipinski definition) is 1. The van der Waals surface area contributed by atoms with E-state index in [1.165, 1.54) is 6.42 Å². The summed E-state index contributed by atoms with van der Waals surface area (Å²) in [4.78, 5) is 13.1. The fraction of sp³-hybridized carbons (Fsp3) is 0.846. The fourth-order valence-electron chi connectivity index (χ4n) is 3.19. The molecule has 0 bridgehead atoms. The molecule has 0 aromatic rings. The third kappa shape index (κ3) is 2.44. The van der Waals surface area contributed by atoms with Crippen molar-refractivity contribution in [1.29, 1.82) is 5.26 Å². The van der Waals surface area contributed by atoms with Crippen LogP contribution in [0, 0.1) is 17.2 Å². The molecule has 1 heterocycles. The standard InChI is InChI=1S/C13H20N2O2/c14-10-13(6-2-1-3-7-13)15-8-4-11(5-9-15)12(16)17/h11H,1-9H2,(H,16,17). The number of carboxylic acid groups (broad SMARTS) is 1. The molecular formula is C13H20N2O2. The third-order valence-corrected chi connectivity index (χ3v) is 4.34. The van der Waals surface area contributed by atoms with Crippen molar-refractivity contribution in [2.75, 3.05) is 13.1 Å². The molecule has 1 saturated heterocycles. The largest absolute Gasteiger partial charge is 0.481 e. The first-order valence-corrected chi connectivity index (χ1v) is 6.57. The summed E-state index contributed by atoms with van der Waals surface area (Å²) in [6.45, 7) is 1.54. The Morgan fingerprint density at radius 1 is 1.24 bits per heavy atom. The maximum atomic E-state index is 10.9. The van der Waals surface area contributed by atoms with Gasteiger partial charge in [0.15, 0.2) is 0 Å². The molecule has 2 aliphatic rings. The number of carboxylic acids is 1. The second-order valence-corrected chi connectivity index (χ2v) is 5.30. The number of aliphatic carboxylic acids is 1. The van der Waals surface area contributed by atoms with Gasteiger partial charge in [-0.1, -0.05) is 19.3 Å². The van der Waals surface area contributed by atoms with E-state index in [0.29, 0.717) is 12.8 Å². The maximum absolute atomic E-state index is 10.9. The molecule has 17 heavy (non-hydrogen) atoms. The molecule has 0 spiro atoms. The minimum atomic E-state index is -0.681. The van der Waals surface area contributed by atoms with Crippen LogP contribution in [0.2, 0.25) is 0 Å². The molecule has 4 heteroatoms. The highest BCUT2D eigenvalue weighted by molar-refractivity contribution is 5.70. The van der Waals surface area contributed by atoms with Crippen molar-refractivity contribution >= 4 is 5.97 Å².